The number of rotatable bonds is 1. The van der Waals surface area contributed by atoms with Crippen LogP contribution in [0.25, 0.3) is 42.5 Å². The summed E-state index contributed by atoms with van der Waals surface area (Å²) in [5.41, 5.74) is 1.80. The van der Waals surface area contributed by atoms with Crippen molar-refractivity contribution in [2.24, 2.45) is 0 Å². The van der Waals surface area contributed by atoms with Gasteiger partial charge in [-0.25, -0.2) is 4.98 Å². The van der Waals surface area contributed by atoms with Crippen LogP contribution >= 0.6 is 11.3 Å². The number of hydrogen-bond donors (Lipinski definition) is 0. The molecule has 0 unspecified atom stereocenters. The molecule has 0 aliphatic heterocycles. The lowest BCUT2D eigenvalue weighted by atomic mass is 10.1. The van der Waals surface area contributed by atoms with Crippen LogP contribution in [-0.4, -0.2) is 15.0 Å². The highest BCUT2D eigenvalue weighted by atomic mass is 32.1. The van der Waals surface area contributed by atoms with Gasteiger partial charge in [-0.1, -0.05) is 24.3 Å². The van der Waals surface area contributed by atoms with Crippen molar-refractivity contribution in [2.75, 3.05) is 0 Å². The molecule has 3 nitrogen and oxygen atoms in total. The first-order valence-corrected chi connectivity index (χ1v) is 8.18. The smallest absolute Gasteiger partial charge is 0.124 e. The topological polar surface area (TPSA) is 38.7 Å². The standard InChI is InChI=1S/C19H11N3S/c1-2-5-13-10-21-16(8-12(13)4-1)17-9-18-15(11-22-17)14-6-3-7-20-19(14)23-18/h1-11H. The van der Waals surface area contributed by atoms with Gasteiger partial charge < -0.3 is 0 Å². The van der Waals surface area contributed by atoms with Gasteiger partial charge >= 0.3 is 0 Å². The number of pyridine rings is 3. The third-order valence-electron chi connectivity index (χ3n) is 4.03. The van der Waals surface area contributed by atoms with E-state index in [9.17, 15) is 0 Å². The second kappa shape index (κ2) is 4.83. The summed E-state index contributed by atoms with van der Waals surface area (Å²) in [6.45, 7) is 0. The third kappa shape index (κ3) is 1.99. The minimum atomic E-state index is 0.898. The number of nitrogens with zero attached hydrogens (tertiary/aromatic N) is 3. The molecule has 0 aliphatic carbocycles. The van der Waals surface area contributed by atoms with Crippen molar-refractivity contribution in [3.8, 4) is 11.4 Å². The van der Waals surface area contributed by atoms with Crippen molar-refractivity contribution in [3.05, 3.63) is 67.1 Å². The molecule has 0 bridgehead atoms. The van der Waals surface area contributed by atoms with Gasteiger partial charge in [0.1, 0.15) is 4.83 Å². The van der Waals surface area contributed by atoms with Crippen LogP contribution in [0.3, 0.4) is 0 Å². The summed E-state index contributed by atoms with van der Waals surface area (Å²) < 4.78 is 1.19. The van der Waals surface area contributed by atoms with E-state index in [-0.39, 0.29) is 0 Å². The Kier molecular flexibility index (Phi) is 2.66. The van der Waals surface area contributed by atoms with E-state index in [1.165, 1.54) is 10.1 Å². The zero-order chi connectivity index (χ0) is 15.2. The molecule has 0 amide bonds. The van der Waals surface area contributed by atoms with Gasteiger partial charge in [-0.15, -0.1) is 11.3 Å². The maximum atomic E-state index is 4.62. The molecule has 0 saturated carbocycles. The maximum Gasteiger partial charge on any atom is 0.124 e. The Balaban J connectivity index is 1.73. The number of thiophene rings is 1. The van der Waals surface area contributed by atoms with Gasteiger partial charge in [-0.3, -0.25) is 9.97 Å². The molecular formula is C19H11N3S. The van der Waals surface area contributed by atoms with Crippen LogP contribution in [0.2, 0.25) is 0 Å². The normalized spacial score (nSPS) is 11.5. The Bertz CT molecular complexity index is 1180. The summed E-state index contributed by atoms with van der Waals surface area (Å²) in [6.07, 6.45) is 5.67. The lowest BCUT2D eigenvalue weighted by Gasteiger charge is -2.02. The first kappa shape index (κ1) is 12.7. The number of aromatic nitrogens is 3. The second-order valence-corrected chi connectivity index (χ2v) is 6.47. The predicted octanol–water partition coefficient (Wildman–Crippen LogP) is 5.06. The predicted molar refractivity (Wildman–Crippen MR) is 95.7 cm³/mol. The van der Waals surface area contributed by atoms with Crippen LogP contribution in [0.4, 0.5) is 0 Å². The van der Waals surface area contributed by atoms with Gasteiger partial charge in [-0.2, -0.15) is 0 Å². The molecule has 0 saturated heterocycles. The van der Waals surface area contributed by atoms with Crippen molar-refractivity contribution in [1.82, 2.24) is 15.0 Å². The lowest BCUT2D eigenvalue weighted by Crippen LogP contribution is -1.87. The molecule has 0 radical (unpaired) electrons. The SMILES string of the molecule is c1ccc2cc(-c3cc4sc5ncccc5c4cn3)ncc2c1. The van der Waals surface area contributed by atoms with E-state index in [1.54, 1.807) is 11.3 Å². The van der Waals surface area contributed by atoms with Crippen LogP contribution in [0.1, 0.15) is 0 Å². The molecule has 1 aromatic carbocycles. The van der Waals surface area contributed by atoms with E-state index >= 15 is 0 Å². The summed E-state index contributed by atoms with van der Waals surface area (Å²) in [4.78, 5) is 14.7. The fourth-order valence-corrected chi connectivity index (χ4v) is 3.92. The molecule has 4 aromatic heterocycles. The molecule has 0 fully saturated rings. The van der Waals surface area contributed by atoms with Crippen LogP contribution in [0, 0.1) is 0 Å². The molecule has 5 rings (SSSR count). The minimum absolute atomic E-state index is 0.898. The van der Waals surface area contributed by atoms with Crippen molar-refractivity contribution >= 4 is 42.4 Å². The number of fused-ring (bicyclic) bond motifs is 4. The Morgan fingerprint density at radius 1 is 0.696 bits per heavy atom. The summed E-state index contributed by atoms with van der Waals surface area (Å²) in [5, 5.41) is 4.64. The van der Waals surface area contributed by atoms with E-state index in [0.29, 0.717) is 0 Å². The van der Waals surface area contributed by atoms with Crippen molar-refractivity contribution in [2.45, 2.75) is 0 Å². The first-order valence-electron chi connectivity index (χ1n) is 7.37. The third-order valence-corrected chi connectivity index (χ3v) is 5.10. The second-order valence-electron chi connectivity index (χ2n) is 5.44. The van der Waals surface area contributed by atoms with Crippen molar-refractivity contribution in [1.29, 1.82) is 0 Å². The fourth-order valence-electron chi connectivity index (χ4n) is 2.87. The zero-order valence-electron chi connectivity index (χ0n) is 12.1. The molecule has 23 heavy (non-hydrogen) atoms. The number of hydrogen-bond acceptors (Lipinski definition) is 4. The monoisotopic (exact) mass is 313 g/mol. The highest BCUT2D eigenvalue weighted by molar-refractivity contribution is 7.25. The van der Waals surface area contributed by atoms with Crippen molar-refractivity contribution < 1.29 is 0 Å². The van der Waals surface area contributed by atoms with Crippen LogP contribution < -0.4 is 0 Å². The summed E-state index contributed by atoms with van der Waals surface area (Å²) in [6, 6.07) is 16.5. The van der Waals surface area contributed by atoms with Gasteiger partial charge in [0.2, 0.25) is 0 Å². The quantitative estimate of drug-likeness (QED) is 0.434. The molecule has 108 valence electrons. The molecule has 4 heterocycles. The van der Waals surface area contributed by atoms with Gasteiger partial charge in [0.05, 0.1) is 11.4 Å². The molecular weight excluding hydrogens is 302 g/mol. The summed E-state index contributed by atoms with van der Waals surface area (Å²) in [7, 11) is 0. The molecule has 0 atom stereocenters. The Morgan fingerprint density at radius 2 is 1.52 bits per heavy atom. The average Bonchev–Trinajstić information content (AvgIpc) is 2.99. The summed E-state index contributed by atoms with van der Waals surface area (Å²) >= 11 is 1.70. The molecule has 0 aliphatic rings. The van der Waals surface area contributed by atoms with Gasteiger partial charge in [0.15, 0.2) is 0 Å². The van der Waals surface area contributed by atoms with Crippen LogP contribution in [0.15, 0.2) is 67.1 Å². The summed E-state index contributed by atoms with van der Waals surface area (Å²) in [5.74, 6) is 0. The van der Waals surface area contributed by atoms with Crippen LogP contribution in [0.5, 0.6) is 0 Å². The molecule has 0 spiro atoms. The molecule has 4 heteroatoms. The van der Waals surface area contributed by atoms with E-state index in [0.717, 1.165) is 32.4 Å². The maximum absolute atomic E-state index is 4.62. The van der Waals surface area contributed by atoms with Gasteiger partial charge in [0.25, 0.3) is 0 Å². The van der Waals surface area contributed by atoms with Gasteiger partial charge in [-0.05, 0) is 29.7 Å². The highest BCUT2D eigenvalue weighted by Crippen LogP contribution is 2.33. The van der Waals surface area contributed by atoms with E-state index in [2.05, 4.69) is 45.3 Å². The molecule has 5 aromatic rings. The lowest BCUT2D eigenvalue weighted by molar-refractivity contribution is 1.28. The first-order chi connectivity index (χ1) is 11.4. The van der Waals surface area contributed by atoms with E-state index in [4.69, 9.17) is 0 Å². The minimum Gasteiger partial charge on any atom is -0.254 e. The van der Waals surface area contributed by atoms with E-state index in [1.807, 2.05) is 36.8 Å². The average molecular weight is 313 g/mol. The van der Waals surface area contributed by atoms with E-state index < -0.39 is 0 Å². The van der Waals surface area contributed by atoms with Gasteiger partial charge in [0, 0.05) is 39.4 Å². The zero-order valence-corrected chi connectivity index (χ0v) is 12.9. The molecule has 0 N–H and O–H groups in total. The Morgan fingerprint density at radius 3 is 2.48 bits per heavy atom. The largest absolute Gasteiger partial charge is 0.254 e. The van der Waals surface area contributed by atoms with Crippen molar-refractivity contribution in [3.63, 3.8) is 0 Å². The Hall–Kier alpha value is -2.85. The van der Waals surface area contributed by atoms with Crippen LogP contribution in [-0.2, 0) is 0 Å². The Labute approximate surface area is 136 Å². The fraction of sp³-hybridized carbons (Fsp3) is 0. The number of benzene rings is 1. The highest BCUT2D eigenvalue weighted by Gasteiger charge is 2.09.